The van der Waals surface area contributed by atoms with E-state index in [9.17, 15) is 9.59 Å². The first-order chi connectivity index (χ1) is 16.6. The highest BCUT2D eigenvalue weighted by atomic mass is 16.5. The molecule has 0 saturated carbocycles. The molecule has 2 amide bonds. The fourth-order valence-corrected chi connectivity index (χ4v) is 6.16. The van der Waals surface area contributed by atoms with Crippen molar-refractivity contribution in [1.29, 1.82) is 0 Å². The van der Waals surface area contributed by atoms with Crippen LogP contribution in [0.25, 0.3) is 0 Å². The van der Waals surface area contributed by atoms with Gasteiger partial charge in [-0.15, -0.1) is 0 Å². The number of likely N-dealkylation sites (tertiary alicyclic amines) is 1. The van der Waals surface area contributed by atoms with Crippen molar-refractivity contribution in [1.82, 2.24) is 15.2 Å². The summed E-state index contributed by atoms with van der Waals surface area (Å²) in [4.78, 5) is 32.2. The van der Waals surface area contributed by atoms with Gasteiger partial charge in [0.25, 0.3) is 5.91 Å². The first-order valence-corrected chi connectivity index (χ1v) is 12.4. The third-order valence-corrected chi connectivity index (χ3v) is 7.89. The highest BCUT2D eigenvalue weighted by molar-refractivity contribution is 5.92. The summed E-state index contributed by atoms with van der Waals surface area (Å²) in [5, 5.41) is 3.20. The van der Waals surface area contributed by atoms with Crippen LogP contribution in [0.2, 0.25) is 0 Å². The van der Waals surface area contributed by atoms with Crippen LogP contribution in [0.15, 0.2) is 60.3 Å². The summed E-state index contributed by atoms with van der Waals surface area (Å²) in [6.07, 6.45) is 10.5. The molecule has 2 heterocycles. The molecule has 1 fully saturated rings. The van der Waals surface area contributed by atoms with E-state index >= 15 is 0 Å². The van der Waals surface area contributed by atoms with E-state index in [1.165, 1.54) is 24.0 Å². The van der Waals surface area contributed by atoms with Gasteiger partial charge in [-0.2, -0.15) is 0 Å². The molecule has 1 saturated heterocycles. The van der Waals surface area contributed by atoms with Crippen molar-refractivity contribution in [3.63, 3.8) is 0 Å². The van der Waals surface area contributed by atoms with Crippen LogP contribution in [0.4, 0.5) is 0 Å². The highest BCUT2D eigenvalue weighted by Crippen LogP contribution is 2.52. The lowest BCUT2D eigenvalue weighted by atomic mass is 9.71. The van der Waals surface area contributed by atoms with Crippen LogP contribution >= 0.6 is 0 Å². The molecule has 178 valence electrons. The number of nitrogens with zero attached hydrogens (tertiary/aromatic N) is 2. The summed E-state index contributed by atoms with van der Waals surface area (Å²) in [6.45, 7) is 1.42. The van der Waals surface area contributed by atoms with Gasteiger partial charge in [0.05, 0.1) is 12.1 Å². The number of piperidine rings is 1. The number of pyridine rings is 1. The molecular formula is C28H33N3O3. The minimum atomic E-state index is -0.259. The van der Waals surface area contributed by atoms with Gasteiger partial charge in [-0.25, -0.2) is 0 Å². The van der Waals surface area contributed by atoms with E-state index in [4.69, 9.17) is 4.74 Å². The normalized spacial score (nSPS) is 23.3. The lowest BCUT2D eigenvalue weighted by Crippen LogP contribution is -2.51. The van der Waals surface area contributed by atoms with E-state index in [1.54, 1.807) is 25.4 Å². The molecule has 1 aromatic carbocycles. The van der Waals surface area contributed by atoms with Crippen molar-refractivity contribution in [2.45, 2.75) is 62.5 Å². The Bertz CT molecular complexity index is 1070. The fourth-order valence-electron chi connectivity index (χ4n) is 6.16. The molecule has 2 aliphatic carbocycles. The summed E-state index contributed by atoms with van der Waals surface area (Å²) >= 11 is 0. The summed E-state index contributed by atoms with van der Waals surface area (Å²) in [5.41, 5.74) is 3.80. The molecule has 0 bridgehead atoms. The Hall–Kier alpha value is -2.99. The number of fused-ring (bicyclic) bond motifs is 2. The number of carbonyl (C=O) groups excluding carboxylic acids is 2. The van der Waals surface area contributed by atoms with Crippen molar-refractivity contribution in [3.8, 4) is 0 Å². The molecule has 5 rings (SSSR count). The number of allylic oxidation sites excluding steroid dienone is 1. The highest BCUT2D eigenvalue weighted by Gasteiger charge is 2.54. The second kappa shape index (κ2) is 9.71. The van der Waals surface area contributed by atoms with Gasteiger partial charge < -0.3 is 15.0 Å². The number of carbonyl (C=O) groups is 2. The van der Waals surface area contributed by atoms with Gasteiger partial charge in [-0.05, 0) is 61.8 Å². The van der Waals surface area contributed by atoms with Crippen LogP contribution in [-0.2, 0) is 14.9 Å². The quantitative estimate of drug-likeness (QED) is 0.676. The monoisotopic (exact) mass is 459 g/mol. The first kappa shape index (κ1) is 22.8. The second-order valence-electron chi connectivity index (χ2n) is 9.73. The maximum absolute atomic E-state index is 13.0. The number of amides is 2. The molecule has 34 heavy (non-hydrogen) atoms. The van der Waals surface area contributed by atoms with Gasteiger partial charge in [0.15, 0.2) is 0 Å². The van der Waals surface area contributed by atoms with Gasteiger partial charge >= 0.3 is 0 Å². The molecule has 6 nitrogen and oxygen atoms in total. The lowest BCUT2D eigenvalue weighted by Gasteiger charge is -2.44. The molecule has 1 spiro atoms. The SMILES string of the molecule is CO[C@H]1[C@H](NC(=O)c2ccccn2)c2ccccc2C12CCN(C(=O)CC1=CCCCC1)CC2. The summed E-state index contributed by atoms with van der Waals surface area (Å²) < 4.78 is 6.11. The molecule has 3 aliphatic rings. The number of ether oxygens (including phenoxy) is 1. The topological polar surface area (TPSA) is 71.5 Å². The zero-order valence-electron chi connectivity index (χ0n) is 19.8. The molecule has 0 unspecified atom stereocenters. The van der Waals surface area contributed by atoms with Crippen LogP contribution in [0, 0.1) is 0 Å². The molecule has 2 atom stereocenters. The zero-order chi connectivity index (χ0) is 23.5. The van der Waals surface area contributed by atoms with E-state index in [1.807, 2.05) is 17.0 Å². The number of rotatable bonds is 5. The molecular weight excluding hydrogens is 426 g/mol. The Balaban J connectivity index is 1.35. The molecule has 6 heteroatoms. The third-order valence-electron chi connectivity index (χ3n) is 7.89. The number of nitrogens with one attached hydrogen (secondary N) is 1. The van der Waals surface area contributed by atoms with Crippen LogP contribution < -0.4 is 5.32 Å². The third kappa shape index (κ3) is 4.16. The van der Waals surface area contributed by atoms with Crippen molar-refractivity contribution in [3.05, 3.63) is 77.1 Å². The van der Waals surface area contributed by atoms with Crippen molar-refractivity contribution >= 4 is 11.8 Å². The van der Waals surface area contributed by atoms with Gasteiger partial charge in [-0.1, -0.05) is 42.0 Å². The van der Waals surface area contributed by atoms with Crippen molar-refractivity contribution in [2.75, 3.05) is 20.2 Å². The van der Waals surface area contributed by atoms with E-state index in [0.29, 0.717) is 25.2 Å². The minimum Gasteiger partial charge on any atom is -0.378 e. The Morgan fingerprint density at radius 1 is 1.12 bits per heavy atom. The number of hydrogen-bond acceptors (Lipinski definition) is 4. The standard InChI is InChI=1S/C28H33N3O3/c1-34-26-25(30-27(33)23-13-7-8-16-29-23)21-11-5-6-12-22(21)28(26)14-17-31(18-15-28)24(32)19-20-9-3-2-4-10-20/h5-9,11-13,16,25-26H,2-4,10,14-15,17-19H2,1H3,(H,30,33)/t25-,26+/m1/s1. The van der Waals surface area contributed by atoms with Crippen molar-refractivity contribution in [2.24, 2.45) is 0 Å². The summed E-state index contributed by atoms with van der Waals surface area (Å²) in [6, 6.07) is 13.4. The van der Waals surface area contributed by atoms with Crippen LogP contribution in [-0.4, -0.2) is 48.0 Å². The van der Waals surface area contributed by atoms with E-state index in [0.717, 1.165) is 31.2 Å². The number of aromatic nitrogens is 1. The van der Waals surface area contributed by atoms with Gasteiger partial charge in [0, 0.05) is 38.2 Å². The van der Waals surface area contributed by atoms with E-state index in [2.05, 4.69) is 34.6 Å². The molecule has 2 aromatic rings. The van der Waals surface area contributed by atoms with E-state index in [-0.39, 0.29) is 29.4 Å². The maximum atomic E-state index is 13.0. The second-order valence-corrected chi connectivity index (χ2v) is 9.73. The summed E-state index contributed by atoms with van der Waals surface area (Å²) in [5.74, 6) is 0.0381. The molecule has 1 N–H and O–H groups in total. The fraction of sp³-hybridized carbons (Fsp3) is 0.464. The van der Waals surface area contributed by atoms with Gasteiger partial charge in [0.1, 0.15) is 5.69 Å². The number of methoxy groups -OCH3 is 1. The Morgan fingerprint density at radius 3 is 2.62 bits per heavy atom. The Labute approximate surface area is 201 Å². The van der Waals surface area contributed by atoms with Gasteiger partial charge in [-0.3, -0.25) is 14.6 Å². The molecule has 1 aliphatic heterocycles. The predicted molar refractivity (Wildman–Crippen MR) is 130 cm³/mol. The van der Waals surface area contributed by atoms with Crippen LogP contribution in [0.5, 0.6) is 0 Å². The lowest BCUT2D eigenvalue weighted by molar-refractivity contribution is -0.133. The minimum absolute atomic E-state index is 0.198. The molecule has 0 radical (unpaired) electrons. The Kier molecular flexibility index (Phi) is 6.50. The predicted octanol–water partition coefficient (Wildman–Crippen LogP) is 4.33. The van der Waals surface area contributed by atoms with Crippen molar-refractivity contribution < 1.29 is 14.3 Å². The average molecular weight is 460 g/mol. The van der Waals surface area contributed by atoms with Crippen LogP contribution in [0.3, 0.4) is 0 Å². The van der Waals surface area contributed by atoms with Gasteiger partial charge in [0.2, 0.25) is 5.91 Å². The molecule has 1 aromatic heterocycles. The van der Waals surface area contributed by atoms with Crippen LogP contribution in [0.1, 0.15) is 72.6 Å². The Morgan fingerprint density at radius 2 is 1.91 bits per heavy atom. The smallest absolute Gasteiger partial charge is 0.270 e. The first-order valence-electron chi connectivity index (χ1n) is 12.4. The average Bonchev–Trinajstić information content (AvgIpc) is 3.13. The van der Waals surface area contributed by atoms with E-state index < -0.39 is 0 Å². The number of hydrogen-bond donors (Lipinski definition) is 1. The largest absolute Gasteiger partial charge is 0.378 e. The maximum Gasteiger partial charge on any atom is 0.270 e. The number of benzene rings is 1. The zero-order valence-corrected chi connectivity index (χ0v) is 19.8. The summed E-state index contributed by atoms with van der Waals surface area (Å²) in [7, 11) is 1.73.